The highest BCUT2D eigenvalue weighted by Gasteiger charge is 2.23. The summed E-state index contributed by atoms with van der Waals surface area (Å²) < 4.78 is 6.21. The highest BCUT2D eigenvalue weighted by molar-refractivity contribution is 7.99. The Labute approximate surface area is 130 Å². The van der Waals surface area contributed by atoms with Crippen molar-refractivity contribution < 1.29 is 4.74 Å². The van der Waals surface area contributed by atoms with Crippen LogP contribution in [0.15, 0.2) is 47.4 Å². The number of para-hydroxylation sites is 1. The van der Waals surface area contributed by atoms with E-state index in [2.05, 4.69) is 54.7 Å². The first-order valence-electron chi connectivity index (χ1n) is 7.37. The number of nitrogens with one attached hydrogen (secondary N) is 1. The monoisotopic (exact) mass is 299 g/mol. The molecule has 110 valence electrons. The van der Waals surface area contributed by atoms with Gasteiger partial charge in [-0.25, -0.2) is 0 Å². The Kier molecular flexibility index (Phi) is 4.51. The number of hydrogen-bond acceptors (Lipinski definition) is 3. The Bertz CT molecular complexity index is 626. The highest BCUT2D eigenvalue weighted by Crippen LogP contribution is 2.39. The molecule has 1 heterocycles. The number of thioether (sulfide) groups is 1. The van der Waals surface area contributed by atoms with Crippen LogP contribution in [0, 0.1) is 6.92 Å². The van der Waals surface area contributed by atoms with Gasteiger partial charge in [-0.2, -0.15) is 0 Å². The molecule has 21 heavy (non-hydrogen) atoms. The summed E-state index contributed by atoms with van der Waals surface area (Å²) in [5.41, 5.74) is 3.88. The molecule has 1 unspecified atom stereocenters. The van der Waals surface area contributed by atoms with E-state index in [-0.39, 0.29) is 0 Å². The van der Waals surface area contributed by atoms with Crippen molar-refractivity contribution in [2.45, 2.75) is 24.3 Å². The molecule has 1 aliphatic heterocycles. The summed E-state index contributed by atoms with van der Waals surface area (Å²) in [4.78, 5) is 1.41. The van der Waals surface area contributed by atoms with E-state index in [1.807, 2.05) is 18.8 Å². The number of fused-ring (bicyclic) bond motifs is 1. The fraction of sp³-hybridized carbons (Fsp3) is 0.333. The van der Waals surface area contributed by atoms with Gasteiger partial charge in [-0.1, -0.05) is 36.4 Å². The molecule has 2 aromatic carbocycles. The Balaban J connectivity index is 1.74. The smallest absolute Gasteiger partial charge is 0.126 e. The lowest BCUT2D eigenvalue weighted by Gasteiger charge is -2.17. The maximum Gasteiger partial charge on any atom is 0.126 e. The van der Waals surface area contributed by atoms with Gasteiger partial charge in [0.25, 0.3) is 0 Å². The van der Waals surface area contributed by atoms with Crippen molar-refractivity contribution in [1.29, 1.82) is 0 Å². The first-order chi connectivity index (χ1) is 10.3. The van der Waals surface area contributed by atoms with E-state index in [1.54, 1.807) is 0 Å². The van der Waals surface area contributed by atoms with Crippen LogP contribution in [0.4, 0.5) is 0 Å². The van der Waals surface area contributed by atoms with Gasteiger partial charge in [0.2, 0.25) is 0 Å². The normalized spacial score (nSPS) is 16.8. The van der Waals surface area contributed by atoms with Crippen molar-refractivity contribution in [2.75, 3.05) is 19.4 Å². The maximum atomic E-state index is 6.21. The predicted molar refractivity (Wildman–Crippen MR) is 89.3 cm³/mol. The predicted octanol–water partition coefficient (Wildman–Crippen LogP) is 3.98. The largest absolute Gasteiger partial charge is 0.492 e. The minimum atomic E-state index is 0.494. The number of aryl methyl sites for hydroxylation is 1. The van der Waals surface area contributed by atoms with Crippen molar-refractivity contribution in [2.24, 2.45) is 0 Å². The summed E-state index contributed by atoms with van der Waals surface area (Å²) in [7, 11) is 1.97. The van der Waals surface area contributed by atoms with Gasteiger partial charge in [0.1, 0.15) is 5.75 Å². The number of benzene rings is 2. The summed E-state index contributed by atoms with van der Waals surface area (Å²) in [5, 5.41) is 3.21. The summed E-state index contributed by atoms with van der Waals surface area (Å²) in [6.45, 7) is 3.71. The van der Waals surface area contributed by atoms with Crippen LogP contribution in [-0.2, 0) is 6.54 Å². The third kappa shape index (κ3) is 3.09. The van der Waals surface area contributed by atoms with Gasteiger partial charge in [-0.15, -0.1) is 11.8 Å². The SMILES string of the molecule is CNCc1cccc(C)c1OCC1CSc2ccccc21. The average Bonchev–Trinajstić information content (AvgIpc) is 2.90. The van der Waals surface area contributed by atoms with Gasteiger partial charge in [0.15, 0.2) is 0 Å². The summed E-state index contributed by atoms with van der Waals surface area (Å²) in [6.07, 6.45) is 0. The summed E-state index contributed by atoms with van der Waals surface area (Å²) in [5.74, 6) is 2.65. The third-order valence-corrected chi connectivity index (χ3v) is 5.14. The average molecular weight is 299 g/mol. The second-order valence-corrected chi connectivity index (χ2v) is 6.51. The van der Waals surface area contributed by atoms with Crippen molar-refractivity contribution in [3.63, 3.8) is 0 Å². The Morgan fingerprint density at radius 1 is 1.19 bits per heavy atom. The van der Waals surface area contributed by atoms with E-state index in [9.17, 15) is 0 Å². The molecule has 0 saturated carbocycles. The molecule has 0 aliphatic carbocycles. The minimum Gasteiger partial charge on any atom is -0.492 e. The second kappa shape index (κ2) is 6.54. The third-order valence-electron chi connectivity index (χ3n) is 3.89. The Morgan fingerprint density at radius 3 is 2.90 bits per heavy atom. The highest BCUT2D eigenvalue weighted by atomic mass is 32.2. The van der Waals surface area contributed by atoms with Crippen LogP contribution >= 0.6 is 11.8 Å². The van der Waals surface area contributed by atoms with E-state index in [0.717, 1.165) is 24.7 Å². The maximum absolute atomic E-state index is 6.21. The lowest BCUT2D eigenvalue weighted by molar-refractivity contribution is 0.292. The Morgan fingerprint density at radius 2 is 2.05 bits per heavy atom. The molecule has 2 nitrogen and oxygen atoms in total. The van der Waals surface area contributed by atoms with Gasteiger partial charge < -0.3 is 10.1 Å². The van der Waals surface area contributed by atoms with Crippen LogP contribution < -0.4 is 10.1 Å². The zero-order chi connectivity index (χ0) is 14.7. The lowest BCUT2D eigenvalue weighted by Crippen LogP contribution is -2.13. The summed E-state index contributed by atoms with van der Waals surface area (Å²) >= 11 is 1.94. The van der Waals surface area contributed by atoms with Gasteiger partial charge in [0, 0.05) is 28.7 Å². The van der Waals surface area contributed by atoms with Crippen LogP contribution in [0.2, 0.25) is 0 Å². The van der Waals surface area contributed by atoms with Crippen LogP contribution in [0.25, 0.3) is 0 Å². The molecule has 3 rings (SSSR count). The molecule has 1 N–H and O–H groups in total. The second-order valence-electron chi connectivity index (χ2n) is 5.45. The molecular formula is C18H21NOS. The van der Waals surface area contributed by atoms with Crippen molar-refractivity contribution in [3.05, 3.63) is 59.2 Å². The van der Waals surface area contributed by atoms with Gasteiger partial charge >= 0.3 is 0 Å². The van der Waals surface area contributed by atoms with E-state index >= 15 is 0 Å². The van der Waals surface area contributed by atoms with Crippen LogP contribution in [0.1, 0.15) is 22.6 Å². The van der Waals surface area contributed by atoms with Crippen molar-refractivity contribution in [3.8, 4) is 5.75 Å². The summed E-state index contributed by atoms with van der Waals surface area (Å²) in [6, 6.07) is 15.0. The molecule has 0 bridgehead atoms. The number of hydrogen-bond donors (Lipinski definition) is 1. The zero-order valence-corrected chi connectivity index (χ0v) is 13.4. The first kappa shape index (κ1) is 14.5. The lowest BCUT2D eigenvalue weighted by atomic mass is 10.0. The fourth-order valence-corrected chi connectivity index (χ4v) is 4.03. The zero-order valence-electron chi connectivity index (χ0n) is 12.6. The molecule has 0 amide bonds. The van der Waals surface area contributed by atoms with E-state index in [4.69, 9.17) is 4.74 Å². The topological polar surface area (TPSA) is 21.3 Å². The first-order valence-corrected chi connectivity index (χ1v) is 8.35. The van der Waals surface area contributed by atoms with E-state index in [1.165, 1.54) is 21.6 Å². The molecule has 0 saturated heterocycles. The standard InChI is InChI=1S/C18H21NOS/c1-13-6-5-7-14(10-19-2)18(13)20-11-15-12-21-17-9-4-3-8-16(15)17/h3-9,15,19H,10-12H2,1-2H3. The van der Waals surface area contributed by atoms with Crippen LogP contribution in [0.5, 0.6) is 5.75 Å². The molecule has 0 spiro atoms. The van der Waals surface area contributed by atoms with E-state index in [0.29, 0.717) is 5.92 Å². The van der Waals surface area contributed by atoms with Gasteiger partial charge in [0.05, 0.1) is 6.61 Å². The number of rotatable bonds is 5. The van der Waals surface area contributed by atoms with Gasteiger partial charge in [-0.3, -0.25) is 0 Å². The Hall–Kier alpha value is -1.45. The quantitative estimate of drug-likeness (QED) is 0.902. The van der Waals surface area contributed by atoms with Crippen LogP contribution in [0.3, 0.4) is 0 Å². The molecule has 0 fully saturated rings. The minimum absolute atomic E-state index is 0.494. The van der Waals surface area contributed by atoms with E-state index < -0.39 is 0 Å². The molecule has 3 heteroatoms. The van der Waals surface area contributed by atoms with Crippen molar-refractivity contribution in [1.82, 2.24) is 5.32 Å². The molecule has 0 radical (unpaired) electrons. The molecular weight excluding hydrogens is 278 g/mol. The van der Waals surface area contributed by atoms with Gasteiger partial charge in [-0.05, 0) is 31.2 Å². The van der Waals surface area contributed by atoms with Crippen molar-refractivity contribution >= 4 is 11.8 Å². The fourth-order valence-electron chi connectivity index (χ4n) is 2.80. The molecule has 1 aliphatic rings. The van der Waals surface area contributed by atoms with Crippen LogP contribution in [-0.4, -0.2) is 19.4 Å². The number of ether oxygens (including phenoxy) is 1. The molecule has 1 atom stereocenters. The molecule has 0 aromatic heterocycles. The molecule has 2 aromatic rings.